The van der Waals surface area contributed by atoms with Crippen LogP contribution in [0.4, 0.5) is 5.69 Å². The zero-order chi connectivity index (χ0) is 19.2. The molecular formula is C19H12BrN3O3S. The topological polar surface area (TPSA) is 86.0 Å². The normalized spacial score (nSPS) is 10.9. The molecule has 2 aromatic carbocycles. The number of rotatable bonds is 6. The summed E-state index contributed by atoms with van der Waals surface area (Å²) in [6.07, 6.45) is 6.10. The first kappa shape index (κ1) is 18.9. The van der Waals surface area contributed by atoms with Gasteiger partial charge < -0.3 is 0 Å². The first-order valence-corrected chi connectivity index (χ1v) is 9.36. The van der Waals surface area contributed by atoms with E-state index in [1.54, 1.807) is 54.9 Å². The van der Waals surface area contributed by atoms with Gasteiger partial charge in [-0.15, -0.1) is 0 Å². The number of carbonyl (C=O) groups is 1. The summed E-state index contributed by atoms with van der Waals surface area (Å²) in [7, 11) is 0. The number of benzene rings is 2. The number of allylic oxidation sites excluding steroid dienone is 1. The maximum Gasteiger partial charge on any atom is 0.283 e. The van der Waals surface area contributed by atoms with E-state index in [0.717, 1.165) is 11.8 Å². The number of halogens is 1. The first-order valence-electron chi connectivity index (χ1n) is 7.75. The lowest BCUT2D eigenvalue weighted by Gasteiger charge is -2.03. The van der Waals surface area contributed by atoms with Crippen molar-refractivity contribution in [2.45, 2.75) is 10.1 Å². The maximum absolute atomic E-state index is 12.3. The number of nitrogens with zero attached hydrogens (tertiary/aromatic N) is 3. The van der Waals surface area contributed by atoms with E-state index in [4.69, 9.17) is 0 Å². The van der Waals surface area contributed by atoms with Crippen molar-refractivity contribution in [3.05, 3.63) is 92.7 Å². The number of aromatic nitrogens is 2. The highest BCUT2D eigenvalue weighted by Gasteiger charge is 2.16. The van der Waals surface area contributed by atoms with Crippen LogP contribution in [-0.4, -0.2) is 20.7 Å². The Kier molecular flexibility index (Phi) is 6.10. The summed E-state index contributed by atoms with van der Waals surface area (Å²) < 4.78 is 0.695. The Hall–Kier alpha value is -2.84. The number of hydrogen-bond acceptors (Lipinski definition) is 6. The molecule has 0 atom stereocenters. The molecule has 1 heterocycles. The molecule has 0 fully saturated rings. The predicted molar refractivity (Wildman–Crippen MR) is 107 cm³/mol. The van der Waals surface area contributed by atoms with Gasteiger partial charge in [0.1, 0.15) is 0 Å². The van der Waals surface area contributed by atoms with Gasteiger partial charge in [-0.1, -0.05) is 40.2 Å². The van der Waals surface area contributed by atoms with Gasteiger partial charge in [-0.05, 0) is 47.7 Å². The van der Waals surface area contributed by atoms with Crippen molar-refractivity contribution in [2.24, 2.45) is 0 Å². The largest absolute Gasteiger partial charge is 0.289 e. The van der Waals surface area contributed by atoms with Crippen LogP contribution in [0.1, 0.15) is 15.9 Å². The molecule has 0 saturated heterocycles. The summed E-state index contributed by atoms with van der Waals surface area (Å²) in [4.78, 5) is 31.8. The maximum atomic E-state index is 12.3. The van der Waals surface area contributed by atoms with Crippen LogP contribution in [0.5, 0.6) is 0 Å². The second-order valence-electron chi connectivity index (χ2n) is 5.30. The Morgan fingerprint density at radius 1 is 1.11 bits per heavy atom. The van der Waals surface area contributed by atoms with Gasteiger partial charge in [0.25, 0.3) is 5.69 Å². The second-order valence-corrected chi connectivity index (χ2v) is 7.16. The fourth-order valence-corrected chi connectivity index (χ4v) is 3.50. The van der Waals surface area contributed by atoms with Gasteiger partial charge in [0.2, 0.25) is 0 Å². The van der Waals surface area contributed by atoms with Crippen molar-refractivity contribution < 1.29 is 9.72 Å². The lowest BCUT2D eigenvalue weighted by molar-refractivity contribution is -0.387. The summed E-state index contributed by atoms with van der Waals surface area (Å²) in [5.74, 6) is -0.193. The molecule has 0 aliphatic carbocycles. The third kappa shape index (κ3) is 4.87. The zero-order valence-electron chi connectivity index (χ0n) is 13.8. The van der Waals surface area contributed by atoms with E-state index >= 15 is 0 Å². The molecular weight excluding hydrogens is 430 g/mol. The fraction of sp³-hybridized carbons (Fsp3) is 0. The highest BCUT2D eigenvalue weighted by Crippen LogP contribution is 2.33. The van der Waals surface area contributed by atoms with E-state index in [-0.39, 0.29) is 11.5 Å². The van der Waals surface area contributed by atoms with Crippen molar-refractivity contribution in [1.82, 2.24) is 9.97 Å². The van der Waals surface area contributed by atoms with Gasteiger partial charge in [-0.25, -0.2) is 9.97 Å². The summed E-state index contributed by atoms with van der Waals surface area (Å²) in [6, 6.07) is 13.5. The fourth-order valence-electron chi connectivity index (χ4n) is 2.23. The Morgan fingerprint density at radius 3 is 2.56 bits per heavy atom. The van der Waals surface area contributed by atoms with Gasteiger partial charge >= 0.3 is 0 Å². The molecule has 0 radical (unpaired) electrons. The van der Waals surface area contributed by atoms with Crippen molar-refractivity contribution in [1.29, 1.82) is 0 Å². The van der Waals surface area contributed by atoms with Crippen molar-refractivity contribution in [2.75, 3.05) is 0 Å². The van der Waals surface area contributed by atoms with Crippen LogP contribution >= 0.6 is 27.7 Å². The molecule has 0 aliphatic heterocycles. The molecule has 0 aliphatic rings. The lowest BCUT2D eigenvalue weighted by Crippen LogP contribution is -1.95. The van der Waals surface area contributed by atoms with Crippen molar-refractivity contribution in [3.8, 4) is 0 Å². The molecule has 0 N–H and O–H groups in total. The van der Waals surface area contributed by atoms with Crippen molar-refractivity contribution >= 4 is 45.2 Å². The molecule has 0 saturated carbocycles. The van der Waals surface area contributed by atoms with E-state index in [0.29, 0.717) is 25.7 Å². The lowest BCUT2D eigenvalue weighted by atomic mass is 10.1. The third-order valence-corrected chi connectivity index (χ3v) is 5.14. The minimum Gasteiger partial charge on any atom is -0.289 e. The highest BCUT2D eigenvalue weighted by molar-refractivity contribution is 9.10. The van der Waals surface area contributed by atoms with Gasteiger partial charge in [-0.2, -0.15) is 0 Å². The molecule has 0 unspecified atom stereocenters. The van der Waals surface area contributed by atoms with Crippen LogP contribution in [0.3, 0.4) is 0 Å². The quantitative estimate of drug-likeness (QED) is 0.172. The van der Waals surface area contributed by atoms with Crippen molar-refractivity contribution in [3.63, 3.8) is 0 Å². The highest BCUT2D eigenvalue weighted by atomic mass is 79.9. The molecule has 27 heavy (non-hydrogen) atoms. The summed E-state index contributed by atoms with van der Waals surface area (Å²) in [5.41, 5.74) is 1.01. The molecule has 0 bridgehead atoms. The molecule has 0 amide bonds. The number of ketones is 1. The first-order chi connectivity index (χ1) is 13.0. The Morgan fingerprint density at radius 2 is 1.85 bits per heavy atom. The third-order valence-electron chi connectivity index (χ3n) is 3.49. The average molecular weight is 442 g/mol. The van der Waals surface area contributed by atoms with E-state index in [9.17, 15) is 14.9 Å². The predicted octanol–water partition coefficient (Wildman–Crippen LogP) is 5.19. The van der Waals surface area contributed by atoms with Crippen LogP contribution in [0.25, 0.3) is 6.08 Å². The van der Waals surface area contributed by atoms with Crippen LogP contribution in [-0.2, 0) is 0 Å². The Balaban J connectivity index is 1.85. The van der Waals surface area contributed by atoms with Gasteiger partial charge in [0, 0.05) is 28.5 Å². The van der Waals surface area contributed by atoms with Crippen LogP contribution < -0.4 is 0 Å². The standard InChI is InChI=1S/C19H12BrN3O3S/c20-15-5-2-1-4-14(15)17(24)8-6-13-7-9-18(16(12-13)23(25)26)27-19-21-10-3-11-22-19/h1-12H. The number of nitro benzene ring substituents is 1. The zero-order valence-corrected chi connectivity index (χ0v) is 16.2. The monoisotopic (exact) mass is 441 g/mol. The van der Waals surface area contributed by atoms with Gasteiger partial charge in [0.05, 0.1) is 9.82 Å². The number of nitro groups is 1. The van der Waals surface area contributed by atoms with Gasteiger partial charge in [0.15, 0.2) is 10.9 Å². The van der Waals surface area contributed by atoms with Crippen LogP contribution in [0.2, 0.25) is 0 Å². The molecule has 8 heteroatoms. The van der Waals surface area contributed by atoms with Gasteiger partial charge in [-0.3, -0.25) is 14.9 Å². The summed E-state index contributed by atoms with van der Waals surface area (Å²) in [6.45, 7) is 0. The van der Waals surface area contributed by atoms with E-state index < -0.39 is 4.92 Å². The van der Waals surface area contributed by atoms with Crippen LogP contribution in [0, 0.1) is 10.1 Å². The molecule has 3 aromatic rings. The average Bonchev–Trinajstić information content (AvgIpc) is 2.68. The molecule has 1 aromatic heterocycles. The summed E-state index contributed by atoms with van der Waals surface area (Å²) in [5, 5.41) is 11.8. The molecule has 6 nitrogen and oxygen atoms in total. The van der Waals surface area contributed by atoms with E-state index in [1.165, 1.54) is 12.1 Å². The SMILES string of the molecule is O=C(C=Cc1ccc(Sc2ncccn2)c([N+](=O)[O-])c1)c1ccccc1Br. The smallest absolute Gasteiger partial charge is 0.283 e. The Labute approximate surface area is 167 Å². The Bertz CT molecular complexity index is 1030. The number of hydrogen-bond donors (Lipinski definition) is 0. The van der Waals surface area contributed by atoms with E-state index in [2.05, 4.69) is 25.9 Å². The minimum atomic E-state index is -0.460. The molecule has 134 valence electrons. The number of carbonyl (C=O) groups excluding carboxylic acids is 1. The molecule has 3 rings (SSSR count). The van der Waals surface area contributed by atoms with E-state index in [1.807, 2.05) is 6.07 Å². The summed E-state index contributed by atoms with van der Waals surface area (Å²) >= 11 is 4.45. The molecule has 0 spiro atoms. The second kappa shape index (κ2) is 8.70. The minimum absolute atomic E-state index is 0.0667. The van der Waals surface area contributed by atoms with Crippen LogP contribution in [0.15, 0.2) is 81.5 Å².